The van der Waals surface area contributed by atoms with Gasteiger partial charge in [-0.25, -0.2) is 0 Å². The molecule has 4 N–H and O–H groups in total. The van der Waals surface area contributed by atoms with Crippen LogP contribution in [-0.4, -0.2) is 35.4 Å². The van der Waals surface area contributed by atoms with Crippen LogP contribution in [-0.2, 0) is 4.74 Å². The molecule has 1 aromatic rings. The Morgan fingerprint density at radius 1 is 1.81 bits per heavy atom. The van der Waals surface area contributed by atoms with Gasteiger partial charge in [0.2, 0.25) is 0 Å². The van der Waals surface area contributed by atoms with Crippen molar-refractivity contribution in [3.05, 3.63) is 11.8 Å². The van der Waals surface area contributed by atoms with Crippen LogP contribution in [0.2, 0.25) is 0 Å². The monoisotopic (exact) mass is 224 g/mol. The summed E-state index contributed by atoms with van der Waals surface area (Å²) < 4.78 is 5.42. The van der Waals surface area contributed by atoms with E-state index in [2.05, 4.69) is 15.5 Å². The smallest absolute Gasteiger partial charge is 0.269 e. The second-order valence-corrected chi connectivity index (χ2v) is 4.04. The van der Waals surface area contributed by atoms with E-state index in [9.17, 15) is 4.79 Å². The molecule has 2 rings (SSSR count). The van der Waals surface area contributed by atoms with E-state index in [1.54, 1.807) is 0 Å². The Bertz CT molecular complexity index is 377. The third-order valence-corrected chi connectivity index (χ3v) is 2.90. The van der Waals surface area contributed by atoms with Crippen molar-refractivity contribution in [1.29, 1.82) is 0 Å². The maximum Gasteiger partial charge on any atom is 0.269 e. The summed E-state index contributed by atoms with van der Waals surface area (Å²) in [6.45, 7) is 3.43. The summed E-state index contributed by atoms with van der Waals surface area (Å²) in [5, 5.41) is 9.11. The maximum atomic E-state index is 11.6. The Labute approximate surface area is 93.5 Å². The fourth-order valence-electron chi connectivity index (χ4n) is 1.82. The van der Waals surface area contributed by atoms with Crippen LogP contribution in [0.1, 0.15) is 23.8 Å². The van der Waals surface area contributed by atoms with E-state index in [0.29, 0.717) is 24.0 Å². The van der Waals surface area contributed by atoms with Crippen molar-refractivity contribution in [2.24, 2.45) is 5.92 Å². The minimum atomic E-state index is -0.177. The third kappa shape index (κ3) is 2.33. The van der Waals surface area contributed by atoms with Crippen molar-refractivity contribution in [2.45, 2.75) is 19.4 Å². The zero-order valence-corrected chi connectivity index (χ0v) is 9.19. The number of nitrogens with zero attached hydrogens (tertiary/aromatic N) is 1. The molecule has 6 heteroatoms. The van der Waals surface area contributed by atoms with Crippen LogP contribution >= 0.6 is 0 Å². The molecule has 6 nitrogen and oxygen atoms in total. The van der Waals surface area contributed by atoms with E-state index in [0.717, 1.165) is 13.0 Å². The zero-order chi connectivity index (χ0) is 11.5. The number of hydrogen-bond donors (Lipinski definition) is 3. The van der Waals surface area contributed by atoms with Gasteiger partial charge < -0.3 is 15.8 Å². The van der Waals surface area contributed by atoms with Crippen molar-refractivity contribution >= 4 is 11.7 Å². The van der Waals surface area contributed by atoms with E-state index in [4.69, 9.17) is 10.5 Å². The summed E-state index contributed by atoms with van der Waals surface area (Å²) in [7, 11) is 0. The van der Waals surface area contributed by atoms with Gasteiger partial charge in [0, 0.05) is 25.1 Å². The minimum Gasteiger partial charge on any atom is -0.382 e. The summed E-state index contributed by atoms with van der Waals surface area (Å²) in [5.41, 5.74) is 5.81. The number of aromatic nitrogens is 2. The Morgan fingerprint density at radius 3 is 3.19 bits per heavy atom. The Balaban J connectivity index is 1.84. The second kappa shape index (κ2) is 4.52. The summed E-state index contributed by atoms with van der Waals surface area (Å²) in [5.74, 6) is 0.537. The number of nitrogens with two attached hydrogens (primary N) is 1. The van der Waals surface area contributed by atoms with Crippen LogP contribution in [0.5, 0.6) is 0 Å². The normalized spacial score (nSPS) is 24.6. The Kier molecular flexibility index (Phi) is 3.09. The van der Waals surface area contributed by atoms with Crippen molar-refractivity contribution in [1.82, 2.24) is 15.5 Å². The average molecular weight is 224 g/mol. The maximum absolute atomic E-state index is 11.6. The number of amides is 1. The topological polar surface area (TPSA) is 93.0 Å². The summed E-state index contributed by atoms with van der Waals surface area (Å²) >= 11 is 0. The van der Waals surface area contributed by atoms with Gasteiger partial charge in [0.1, 0.15) is 11.5 Å². The SMILES string of the molecule is CC1OCCC1CNC(=O)c1cc(N)n[nH]1. The summed E-state index contributed by atoms with van der Waals surface area (Å²) in [6, 6.07) is 1.52. The minimum absolute atomic E-state index is 0.177. The molecular weight excluding hydrogens is 208 g/mol. The number of aromatic amines is 1. The Morgan fingerprint density at radius 2 is 2.62 bits per heavy atom. The molecule has 1 fully saturated rings. The highest BCUT2D eigenvalue weighted by Crippen LogP contribution is 2.19. The van der Waals surface area contributed by atoms with Gasteiger partial charge in [0.25, 0.3) is 5.91 Å². The molecule has 1 aliphatic rings. The van der Waals surface area contributed by atoms with E-state index < -0.39 is 0 Å². The van der Waals surface area contributed by atoms with Gasteiger partial charge in [-0.3, -0.25) is 9.89 Å². The number of anilines is 1. The lowest BCUT2D eigenvalue weighted by atomic mass is 10.0. The highest BCUT2D eigenvalue weighted by Gasteiger charge is 2.24. The molecule has 0 bridgehead atoms. The van der Waals surface area contributed by atoms with Gasteiger partial charge in [0.05, 0.1) is 6.10 Å². The number of H-pyrrole nitrogens is 1. The number of hydrogen-bond acceptors (Lipinski definition) is 4. The summed E-state index contributed by atoms with van der Waals surface area (Å²) in [6.07, 6.45) is 1.21. The first-order valence-corrected chi connectivity index (χ1v) is 5.37. The largest absolute Gasteiger partial charge is 0.382 e. The van der Waals surface area contributed by atoms with Crippen LogP contribution in [0.3, 0.4) is 0 Å². The predicted molar refractivity (Wildman–Crippen MR) is 58.9 cm³/mol. The molecule has 0 spiro atoms. The van der Waals surface area contributed by atoms with Crippen molar-refractivity contribution in [3.8, 4) is 0 Å². The molecule has 88 valence electrons. The fourth-order valence-corrected chi connectivity index (χ4v) is 1.82. The average Bonchev–Trinajstić information content (AvgIpc) is 2.84. The van der Waals surface area contributed by atoms with Crippen LogP contribution in [0.15, 0.2) is 6.07 Å². The lowest BCUT2D eigenvalue weighted by Gasteiger charge is -2.13. The highest BCUT2D eigenvalue weighted by atomic mass is 16.5. The lowest BCUT2D eigenvalue weighted by Crippen LogP contribution is -2.32. The number of carbonyl (C=O) groups excluding carboxylic acids is 1. The number of nitrogen functional groups attached to an aromatic ring is 1. The van der Waals surface area contributed by atoms with E-state index >= 15 is 0 Å². The van der Waals surface area contributed by atoms with Gasteiger partial charge in [-0.05, 0) is 13.3 Å². The quantitative estimate of drug-likeness (QED) is 0.681. The van der Waals surface area contributed by atoms with Crippen LogP contribution < -0.4 is 11.1 Å². The first-order chi connectivity index (χ1) is 7.66. The van der Waals surface area contributed by atoms with E-state index in [1.165, 1.54) is 6.07 Å². The number of nitrogens with one attached hydrogen (secondary N) is 2. The van der Waals surface area contributed by atoms with Crippen LogP contribution in [0, 0.1) is 5.92 Å². The van der Waals surface area contributed by atoms with E-state index in [-0.39, 0.29) is 12.0 Å². The third-order valence-electron chi connectivity index (χ3n) is 2.90. The molecule has 1 aliphatic heterocycles. The van der Waals surface area contributed by atoms with E-state index in [1.807, 2.05) is 6.92 Å². The lowest BCUT2D eigenvalue weighted by molar-refractivity contribution is 0.0903. The number of rotatable bonds is 3. The van der Waals surface area contributed by atoms with Crippen LogP contribution in [0.25, 0.3) is 0 Å². The molecule has 1 saturated heterocycles. The molecule has 1 aromatic heterocycles. The van der Waals surface area contributed by atoms with Crippen LogP contribution in [0.4, 0.5) is 5.82 Å². The molecule has 0 radical (unpaired) electrons. The molecule has 16 heavy (non-hydrogen) atoms. The molecule has 1 amide bonds. The molecule has 0 aromatic carbocycles. The Hall–Kier alpha value is -1.56. The van der Waals surface area contributed by atoms with Crippen molar-refractivity contribution in [2.75, 3.05) is 18.9 Å². The molecule has 2 heterocycles. The molecule has 0 saturated carbocycles. The first kappa shape index (κ1) is 10.9. The number of ether oxygens (including phenoxy) is 1. The fraction of sp³-hybridized carbons (Fsp3) is 0.600. The zero-order valence-electron chi connectivity index (χ0n) is 9.19. The second-order valence-electron chi connectivity index (χ2n) is 4.04. The van der Waals surface area contributed by atoms with Gasteiger partial charge >= 0.3 is 0 Å². The molecule has 2 unspecified atom stereocenters. The first-order valence-electron chi connectivity index (χ1n) is 5.37. The highest BCUT2D eigenvalue weighted by molar-refractivity contribution is 5.92. The molecular formula is C10H16N4O2. The van der Waals surface area contributed by atoms with Crippen molar-refractivity contribution < 1.29 is 9.53 Å². The van der Waals surface area contributed by atoms with Gasteiger partial charge in [-0.2, -0.15) is 5.10 Å². The molecule has 0 aliphatic carbocycles. The summed E-state index contributed by atoms with van der Waals surface area (Å²) in [4.78, 5) is 11.6. The van der Waals surface area contributed by atoms with Gasteiger partial charge in [0.15, 0.2) is 0 Å². The van der Waals surface area contributed by atoms with Crippen molar-refractivity contribution in [3.63, 3.8) is 0 Å². The van der Waals surface area contributed by atoms with Gasteiger partial charge in [-0.15, -0.1) is 0 Å². The van der Waals surface area contributed by atoms with Gasteiger partial charge in [-0.1, -0.05) is 0 Å². The predicted octanol–water partition coefficient (Wildman–Crippen LogP) is 0.147. The molecule has 2 atom stereocenters. The number of carbonyl (C=O) groups is 1. The standard InChI is InChI=1S/C10H16N4O2/c1-6-7(2-3-16-6)5-12-10(15)8-4-9(11)14-13-8/h4,6-7H,2-3,5H2,1H3,(H,12,15)(H3,11,13,14).